The van der Waals surface area contributed by atoms with Crippen LogP contribution in [0.25, 0.3) is 0 Å². The molecule has 3 rings (SSSR count). The monoisotopic (exact) mass is 414 g/mol. The first kappa shape index (κ1) is 22.5. The van der Waals surface area contributed by atoms with Gasteiger partial charge in [0.15, 0.2) is 5.82 Å². The summed E-state index contributed by atoms with van der Waals surface area (Å²) < 4.78 is 17.5. The number of alkyl carbamates (subject to hydrolysis) is 1. The van der Waals surface area contributed by atoms with E-state index in [0.29, 0.717) is 24.1 Å². The van der Waals surface area contributed by atoms with Gasteiger partial charge in [0.1, 0.15) is 11.1 Å². The summed E-state index contributed by atoms with van der Waals surface area (Å²) in [5, 5.41) is 12.4. The number of rotatable bonds is 3. The summed E-state index contributed by atoms with van der Waals surface area (Å²) in [6.45, 7) is 15.2. The summed E-state index contributed by atoms with van der Waals surface area (Å²) in [5.41, 5.74) is -2.25. The highest BCUT2D eigenvalue weighted by Gasteiger charge is 2.57. The van der Waals surface area contributed by atoms with Gasteiger partial charge in [-0.3, -0.25) is 0 Å². The molecule has 1 aromatic heterocycles. The maximum atomic E-state index is 12.4. The molecule has 1 aromatic rings. The Morgan fingerprint density at radius 2 is 1.63 bits per heavy atom. The Morgan fingerprint density at radius 3 is 2.07 bits per heavy atom. The van der Waals surface area contributed by atoms with Gasteiger partial charge in [-0.25, -0.2) is 14.8 Å². The summed E-state index contributed by atoms with van der Waals surface area (Å²) in [5.74, 6) is 0.446. The third-order valence-corrected chi connectivity index (χ3v) is 6.02. The Morgan fingerprint density at radius 1 is 1.13 bits per heavy atom. The third kappa shape index (κ3) is 4.16. The second kappa shape index (κ2) is 6.93. The van der Waals surface area contributed by atoms with Crippen molar-refractivity contribution in [3.8, 4) is 6.07 Å². The summed E-state index contributed by atoms with van der Waals surface area (Å²) in [6.07, 6.45) is 3.58. The highest BCUT2D eigenvalue weighted by Crippen LogP contribution is 2.52. The normalized spacial score (nSPS) is 29.6. The van der Waals surface area contributed by atoms with Gasteiger partial charge in [-0.05, 0) is 68.2 Å². The van der Waals surface area contributed by atoms with Crippen molar-refractivity contribution in [2.45, 2.75) is 90.6 Å². The molecule has 1 amide bonds. The number of nitrogens with zero attached hydrogens (tertiary/aromatic N) is 3. The number of carbonyl (C=O) groups excluding carboxylic acids is 1. The summed E-state index contributed by atoms with van der Waals surface area (Å²) in [7, 11) is -0.565. The van der Waals surface area contributed by atoms with Crippen molar-refractivity contribution in [3.63, 3.8) is 0 Å². The summed E-state index contributed by atoms with van der Waals surface area (Å²) in [4.78, 5) is 21.5. The molecule has 9 heteroatoms. The lowest BCUT2D eigenvalue weighted by atomic mass is 9.58. The predicted molar refractivity (Wildman–Crippen MR) is 112 cm³/mol. The number of amides is 1. The topological polar surface area (TPSA) is 106 Å². The van der Waals surface area contributed by atoms with Crippen molar-refractivity contribution < 1.29 is 18.8 Å². The molecular weight excluding hydrogens is 383 g/mol. The van der Waals surface area contributed by atoms with E-state index in [1.165, 1.54) is 0 Å². The van der Waals surface area contributed by atoms with E-state index in [2.05, 4.69) is 21.4 Å². The number of hydrogen-bond donors (Lipinski definition) is 1. The van der Waals surface area contributed by atoms with Crippen LogP contribution in [-0.2, 0) is 19.6 Å². The first-order valence-corrected chi connectivity index (χ1v) is 10.2. The van der Waals surface area contributed by atoms with Gasteiger partial charge >= 0.3 is 13.2 Å². The number of aromatic nitrogens is 2. The zero-order valence-electron chi connectivity index (χ0n) is 19.1. The summed E-state index contributed by atoms with van der Waals surface area (Å²) in [6, 6.07) is 2.31. The quantitative estimate of drug-likeness (QED) is 0.758. The lowest BCUT2D eigenvalue weighted by Crippen LogP contribution is -2.60. The van der Waals surface area contributed by atoms with Crippen LogP contribution in [0.4, 0.5) is 4.79 Å². The Kier molecular flexibility index (Phi) is 5.20. The van der Waals surface area contributed by atoms with E-state index in [9.17, 15) is 10.1 Å². The van der Waals surface area contributed by atoms with Crippen LogP contribution < -0.4 is 10.8 Å². The number of carbonyl (C=O) groups is 1. The fourth-order valence-electron chi connectivity index (χ4n) is 3.85. The van der Waals surface area contributed by atoms with Crippen LogP contribution in [-0.4, -0.2) is 40.0 Å². The molecule has 0 atom stereocenters. The average Bonchev–Trinajstić information content (AvgIpc) is 2.79. The lowest BCUT2D eigenvalue weighted by Gasteiger charge is -2.50. The zero-order valence-corrected chi connectivity index (χ0v) is 19.1. The average molecular weight is 414 g/mol. The van der Waals surface area contributed by atoms with Crippen LogP contribution in [0.2, 0.25) is 0 Å². The minimum atomic E-state index is -0.846. The van der Waals surface area contributed by atoms with Crippen LogP contribution in [0.5, 0.6) is 0 Å². The Bertz CT molecular complexity index is 848. The van der Waals surface area contributed by atoms with Gasteiger partial charge in [-0.1, -0.05) is 0 Å². The van der Waals surface area contributed by atoms with Gasteiger partial charge < -0.3 is 19.4 Å². The van der Waals surface area contributed by atoms with E-state index in [-0.39, 0.29) is 0 Å². The number of nitrogens with one attached hydrogen (secondary N) is 1. The van der Waals surface area contributed by atoms with Gasteiger partial charge in [0.05, 0.1) is 22.7 Å². The van der Waals surface area contributed by atoms with Crippen molar-refractivity contribution in [2.75, 3.05) is 0 Å². The fourth-order valence-corrected chi connectivity index (χ4v) is 3.85. The van der Waals surface area contributed by atoms with Gasteiger partial charge in [-0.15, -0.1) is 0 Å². The molecule has 2 heterocycles. The molecule has 1 N–H and O–H groups in total. The lowest BCUT2D eigenvalue weighted by molar-refractivity contribution is 0.00578. The van der Waals surface area contributed by atoms with Gasteiger partial charge in [0.25, 0.3) is 0 Å². The van der Waals surface area contributed by atoms with Crippen LogP contribution in [0.15, 0.2) is 12.4 Å². The Hall–Kier alpha value is -2.18. The molecular formula is C21H31BN4O4. The number of nitriles is 1. The summed E-state index contributed by atoms with van der Waals surface area (Å²) >= 11 is 0. The van der Waals surface area contributed by atoms with E-state index in [4.69, 9.17) is 14.0 Å². The van der Waals surface area contributed by atoms with Gasteiger partial charge in [-0.2, -0.15) is 5.26 Å². The molecule has 2 aliphatic rings. The van der Waals surface area contributed by atoms with Crippen LogP contribution in [0.3, 0.4) is 0 Å². The predicted octanol–water partition coefficient (Wildman–Crippen LogP) is 2.82. The molecule has 0 unspecified atom stereocenters. The minimum Gasteiger partial charge on any atom is -0.444 e. The van der Waals surface area contributed by atoms with Crippen LogP contribution in [0, 0.1) is 16.7 Å². The van der Waals surface area contributed by atoms with Crippen molar-refractivity contribution >= 4 is 18.7 Å². The first-order valence-electron chi connectivity index (χ1n) is 10.2. The second-order valence-corrected chi connectivity index (χ2v) is 10.7. The molecule has 2 fully saturated rings. The molecule has 8 nitrogen and oxygen atoms in total. The van der Waals surface area contributed by atoms with E-state index in [1.54, 1.807) is 33.2 Å². The zero-order chi connectivity index (χ0) is 22.6. The fraction of sp³-hybridized carbons (Fsp3) is 0.714. The van der Waals surface area contributed by atoms with E-state index in [0.717, 1.165) is 0 Å². The molecule has 0 radical (unpaired) electrons. The largest absolute Gasteiger partial charge is 0.498 e. The van der Waals surface area contributed by atoms with E-state index in [1.807, 2.05) is 34.6 Å². The van der Waals surface area contributed by atoms with E-state index >= 15 is 0 Å². The number of hydrogen-bond acceptors (Lipinski definition) is 7. The maximum Gasteiger partial charge on any atom is 0.498 e. The molecule has 1 saturated heterocycles. The minimum absolute atomic E-state index is 0.408. The van der Waals surface area contributed by atoms with Crippen LogP contribution in [0.1, 0.15) is 74.1 Å². The Balaban J connectivity index is 1.82. The highest BCUT2D eigenvalue weighted by molar-refractivity contribution is 6.61. The Labute approximate surface area is 178 Å². The van der Waals surface area contributed by atoms with Gasteiger partial charge in [0, 0.05) is 17.9 Å². The van der Waals surface area contributed by atoms with Crippen molar-refractivity contribution in [3.05, 3.63) is 18.2 Å². The second-order valence-electron chi connectivity index (χ2n) is 10.7. The molecule has 1 aliphatic carbocycles. The van der Waals surface area contributed by atoms with Crippen molar-refractivity contribution in [1.82, 2.24) is 15.3 Å². The highest BCUT2D eigenvalue weighted by atomic mass is 16.7. The molecule has 1 saturated carbocycles. The standard InChI is InChI=1S/C21H31BN4O4/c1-17(2,3)28-16(27)26-21(11-20(8,12-21)13-23)15-24-9-14(10-25-15)22-29-18(4,5)19(6,7)30-22/h9-10H,11-12H2,1-8H3,(H,26,27). The molecule has 30 heavy (non-hydrogen) atoms. The first-order chi connectivity index (χ1) is 13.6. The SMILES string of the molecule is CC1(C#N)CC(NC(=O)OC(C)(C)C)(c2ncc(B3OC(C)(C)C(C)(C)O3)cn2)C1. The molecule has 0 bridgehead atoms. The maximum absolute atomic E-state index is 12.4. The van der Waals surface area contributed by atoms with Gasteiger partial charge in [0.2, 0.25) is 0 Å². The molecule has 1 aliphatic heterocycles. The van der Waals surface area contributed by atoms with Crippen molar-refractivity contribution in [1.29, 1.82) is 5.26 Å². The molecule has 0 spiro atoms. The van der Waals surface area contributed by atoms with E-state index < -0.39 is 41.0 Å². The smallest absolute Gasteiger partial charge is 0.444 e. The molecule has 162 valence electrons. The third-order valence-electron chi connectivity index (χ3n) is 6.02. The number of ether oxygens (including phenoxy) is 1. The van der Waals surface area contributed by atoms with Crippen LogP contribution >= 0.6 is 0 Å². The molecule has 0 aromatic carbocycles. The van der Waals surface area contributed by atoms with Crippen molar-refractivity contribution in [2.24, 2.45) is 5.41 Å².